The molecule has 0 N–H and O–H groups in total. The lowest BCUT2D eigenvalue weighted by molar-refractivity contribution is 0.0751. The Hall–Kier alpha value is -3.35. The van der Waals surface area contributed by atoms with E-state index < -0.39 is 0 Å². The van der Waals surface area contributed by atoms with Gasteiger partial charge in [-0.15, -0.1) is 11.3 Å². The largest absolute Gasteiger partial charge is 0.368 e. The summed E-state index contributed by atoms with van der Waals surface area (Å²) in [5, 5.41) is 0. The number of benzene rings is 2. The molecule has 1 aliphatic rings. The number of pyridine rings is 1. The first-order valence-corrected chi connectivity index (χ1v) is 12.9. The van der Waals surface area contributed by atoms with Crippen molar-refractivity contribution in [2.24, 2.45) is 0 Å². The molecule has 1 amide bonds. The van der Waals surface area contributed by atoms with Crippen LogP contribution in [0.2, 0.25) is 4.34 Å². The van der Waals surface area contributed by atoms with Gasteiger partial charge >= 0.3 is 0 Å². The second kappa shape index (κ2) is 10.9. The first-order valence-electron chi connectivity index (χ1n) is 11.7. The van der Waals surface area contributed by atoms with Gasteiger partial charge in [0, 0.05) is 63.0 Å². The molecule has 7 heteroatoms. The second-order valence-corrected chi connectivity index (χ2v) is 10.3. The first-order chi connectivity index (χ1) is 17.2. The van der Waals surface area contributed by atoms with E-state index in [-0.39, 0.29) is 5.91 Å². The highest BCUT2D eigenvalue weighted by atomic mass is 35.5. The Morgan fingerprint density at radius 2 is 1.57 bits per heavy atom. The lowest BCUT2D eigenvalue weighted by Gasteiger charge is -2.36. The predicted molar refractivity (Wildman–Crippen MR) is 144 cm³/mol. The number of piperazine rings is 1. The van der Waals surface area contributed by atoms with Gasteiger partial charge in [-0.2, -0.15) is 0 Å². The van der Waals surface area contributed by atoms with Crippen molar-refractivity contribution in [1.82, 2.24) is 9.88 Å². The van der Waals surface area contributed by atoms with E-state index in [0.29, 0.717) is 22.3 Å². The number of anilines is 2. The van der Waals surface area contributed by atoms with Crippen LogP contribution in [0.4, 0.5) is 11.4 Å². The molecule has 0 spiro atoms. The first kappa shape index (κ1) is 23.4. The Morgan fingerprint density at radius 3 is 2.23 bits per heavy atom. The number of carbonyl (C=O) groups is 1. The third-order valence-electron chi connectivity index (χ3n) is 6.24. The summed E-state index contributed by atoms with van der Waals surface area (Å²) in [5.41, 5.74) is 4.81. The molecule has 0 unspecified atom stereocenters. The van der Waals surface area contributed by atoms with Crippen LogP contribution in [0, 0.1) is 0 Å². The van der Waals surface area contributed by atoms with Crippen molar-refractivity contribution in [3.8, 4) is 0 Å². The van der Waals surface area contributed by atoms with E-state index in [1.807, 2.05) is 35.5 Å². The van der Waals surface area contributed by atoms with Crippen LogP contribution in [0.25, 0.3) is 0 Å². The Kier molecular flexibility index (Phi) is 7.31. The standard InChI is InChI=1S/C28H27ClN4OS/c29-27-13-12-26(35-27)28(34)32-17-15-31(16-18-32)24-8-10-25(11-9-24)33(20-22-5-2-1-3-6-22)21-23-7-4-14-30-19-23/h1-14,19H,15-18,20-21H2. The van der Waals surface area contributed by atoms with Crippen molar-refractivity contribution in [1.29, 1.82) is 0 Å². The summed E-state index contributed by atoms with van der Waals surface area (Å²) in [6.45, 7) is 4.65. The van der Waals surface area contributed by atoms with Crippen molar-refractivity contribution < 1.29 is 4.79 Å². The van der Waals surface area contributed by atoms with E-state index in [1.54, 1.807) is 6.07 Å². The molecule has 178 valence electrons. The van der Waals surface area contributed by atoms with Crippen LogP contribution >= 0.6 is 22.9 Å². The van der Waals surface area contributed by atoms with E-state index >= 15 is 0 Å². The van der Waals surface area contributed by atoms with Crippen LogP contribution in [0.1, 0.15) is 20.8 Å². The minimum atomic E-state index is 0.0730. The fraction of sp³-hybridized carbons (Fsp3) is 0.214. The van der Waals surface area contributed by atoms with Gasteiger partial charge in [0.25, 0.3) is 5.91 Å². The van der Waals surface area contributed by atoms with Crippen molar-refractivity contribution in [2.75, 3.05) is 36.0 Å². The number of carbonyl (C=O) groups excluding carboxylic acids is 1. The number of nitrogens with zero attached hydrogens (tertiary/aromatic N) is 4. The summed E-state index contributed by atoms with van der Waals surface area (Å²) in [5.74, 6) is 0.0730. The number of thiophene rings is 1. The van der Waals surface area contributed by atoms with Gasteiger partial charge in [0.05, 0.1) is 9.21 Å². The third kappa shape index (κ3) is 5.84. The highest BCUT2D eigenvalue weighted by Crippen LogP contribution is 2.26. The van der Waals surface area contributed by atoms with Gasteiger partial charge in [0.2, 0.25) is 0 Å². The lowest BCUT2D eigenvalue weighted by atomic mass is 10.1. The van der Waals surface area contributed by atoms with E-state index in [0.717, 1.165) is 26.2 Å². The molecule has 2 aromatic heterocycles. The number of amides is 1. The van der Waals surface area contributed by atoms with E-state index in [2.05, 4.69) is 69.4 Å². The van der Waals surface area contributed by atoms with Gasteiger partial charge in [-0.25, -0.2) is 0 Å². The molecule has 0 radical (unpaired) electrons. The highest BCUT2D eigenvalue weighted by Gasteiger charge is 2.23. The SMILES string of the molecule is O=C(c1ccc(Cl)s1)N1CCN(c2ccc(N(Cc3ccccc3)Cc3cccnc3)cc2)CC1. The van der Waals surface area contributed by atoms with Crippen molar-refractivity contribution in [2.45, 2.75) is 13.1 Å². The molecule has 5 rings (SSSR count). The van der Waals surface area contributed by atoms with Gasteiger partial charge in [0.15, 0.2) is 0 Å². The maximum atomic E-state index is 12.7. The van der Waals surface area contributed by atoms with Gasteiger partial charge < -0.3 is 14.7 Å². The number of halogens is 1. The number of hydrogen-bond donors (Lipinski definition) is 0. The maximum Gasteiger partial charge on any atom is 0.264 e. The molecule has 0 atom stereocenters. The molecule has 1 aliphatic heterocycles. The highest BCUT2D eigenvalue weighted by molar-refractivity contribution is 7.17. The number of hydrogen-bond acceptors (Lipinski definition) is 5. The number of rotatable bonds is 7. The number of aromatic nitrogens is 1. The zero-order valence-corrected chi connectivity index (χ0v) is 21.0. The van der Waals surface area contributed by atoms with Crippen LogP contribution in [0.3, 0.4) is 0 Å². The zero-order chi connectivity index (χ0) is 24.0. The molecular formula is C28H27ClN4OS. The Labute approximate surface area is 215 Å². The predicted octanol–water partition coefficient (Wildman–Crippen LogP) is 5.97. The average Bonchev–Trinajstić information content (AvgIpc) is 3.35. The van der Waals surface area contributed by atoms with Crippen LogP contribution in [0.5, 0.6) is 0 Å². The maximum absolute atomic E-state index is 12.7. The molecule has 0 aliphatic carbocycles. The summed E-state index contributed by atoms with van der Waals surface area (Å²) in [6, 6.07) is 27.0. The fourth-order valence-electron chi connectivity index (χ4n) is 4.38. The Morgan fingerprint density at radius 1 is 0.857 bits per heavy atom. The summed E-state index contributed by atoms with van der Waals surface area (Å²) >= 11 is 7.35. The summed E-state index contributed by atoms with van der Waals surface area (Å²) in [6.07, 6.45) is 3.74. The molecule has 3 heterocycles. The summed E-state index contributed by atoms with van der Waals surface area (Å²) in [7, 11) is 0. The molecule has 1 fully saturated rings. The van der Waals surface area contributed by atoms with Gasteiger partial charge in [-0.1, -0.05) is 48.0 Å². The van der Waals surface area contributed by atoms with Crippen LogP contribution in [0.15, 0.2) is 91.3 Å². The molecule has 1 saturated heterocycles. The van der Waals surface area contributed by atoms with Crippen LogP contribution in [-0.2, 0) is 13.1 Å². The minimum Gasteiger partial charge on any atom is -0.368 e. The molecule has 4 aromatic rings. The van der Waals surface area contributed by atoms with Gasteiger partial charge in [0.1, 0.15) is 0 Å². The van der Waals surface area contributed by atoms with Gasteiger partial charge in [-0.3, -0.25) is 9.78 Å². The summed E-state index contributed by atoms with van der Waals surface area (Å²) < 4.78 is 0.650. The molecule has 0 bridgehead atoms. The van der Waals surface area contributed by atoms with Crippen molar-refractivity contribution in [3.63, 3.8) is 0 Å². The lowest BCUT2D eigenvalue weighted by Crippen LogP contribution is -2.48. The van der Waals surface area contributed by atoms with E-state index in [9.17, 15) is 4.79 Å². The average molecular weight is 503 g/mol. The molecule has 2 aromatic carbocycles. The molecular weight excluding hydrogens is 476 g/mol. The minimum absolute atomic E-state index is 0.0730. The zero-order valence-electron chi connectivity index (χ0n) is 19.4. The quantitative estimate of drug-likeness (QED) is 0.312. The van der Waals surface area contributed by atoms with Crippen molar-refractivity contribution >= 4 is 40.2 Å². The van der Waals surface area contributed by atoms with Crippen molar-refractivity contribution in [3.05, 3.63) is 112 Å². The molecule has 5 nitrogen and oxygen atoms in total. The van der Waals surface area contributed by atoms with Crippen LogP contribution in [-0.4, -0.2) is 42.0 Å². The normalized spacial score (nSPS) is 13.6. The molecule has 0 saturated carbocycles. The Balaban J connectivity index is 1.26. The topological polar surface area (TPSA) is 39.7 Å². The van der Waals surface area contributed by atoms with Gasteiger partial charge in [-0.05, 0) is 53.6 Å². The third-order valence-corrected chi connectivity index (χ3v) is 7.46. The fourth-order valence-corrected chi connectivity index (χ4v) is 5.39. The smallest absolute Gasteiger partial charge is 0.264 e. The van der Waals surface area contributed by atoms with E-state index in [4.69, 9.17) is 11.6 Å². The second-order valence-electron chi connectivity index (χ2n) is 8.60. The van der Waals surface area contributed by atoms with Crippen LogP contribution < -0.4 is 9.80 Å². The monoisotopic (exact) mass is 502 g/mol. The van der Waals surface area contributed by atoms with E-state index in [1.165, 1.54) is 33.8 Å². The molecule has 35 heavy (non-hydrogen) atoms. The summed E-state index contributed by atoms with van der Waals surface area (Å²) in [4.78, 5) is 24.4. The Bertz CT molecular complexity index is 1200.